The Bertz CT molecular complexity index is 738. The maximum Gasteiger partial charge on any atom is 0.284 e. The van der Waals surface area contributed by atoms with E-state index in [2.05, 4.69) is 38.3 Å². The van der Waals surface area contributed by atoms with E-state index in [0.717, 1.165) is 19.5 Å². The third-order valence-corrected chi connectivity index (χ3v) is 4.37. The first-order valence-electron chi connectivity index (χ1n) is 7.92. The predicted octanol–water partition coefficient (Wildman–Crippen LogP) is 3.61. The number of hydrogen-bond donors (Lipinski definition) is 1. The van der Waals surface area contributed by atoms with E-state index >= 15 is 0 Å². The maximum absolute atomic E-state index is 12.1. The largest absolute Gasteiger partial charge is 0.352 e. The first kappa shape index (κ1) is 19.1. The molecule has 1 amide bonds. The van der Waals surface area contributed by atoms with E-state index in [9.17, 15) is 14.9 Å². The number of carbonyl (C=O) groups is 1. The molecule has 0 aliphatic heterocycles. The van der Waals surface area contributed by atoms with Crippen molar-refractivity contribution in [3.05, 3.63) is 74.2 Å². The zero-order valence-electron chi connectivity index (χ0n) is 13.9. The lowest BCUT2D eigenvalue weighted by atomic mass is 10.2. The molecule has 0 saturated carbocycles. The molecule has 7 heteroatoms. The molecule has 0 spiro atoms. The summed E-state index contributed by atoms with van der Waals surface area (Å²) in [5.74, 6) is -0.304. The molecule has 25 heavy (non-hydrogen) atoms. The molecule has 1 N–H and O–H groups in total. The second-order valence-electron chi connectivity index (χ2n) is 5.76. The van der Waals surface area contributed by atoms with Crippen LogP contribution in [0.1, 0.15) is 22.3 Å². The Hall–Kier alpha value is -2.25. The van der Waals surface area contributed by atoms with Crippen molar-refractivity contribution in [2.24, 2.45) is 0 Å². The van der Waals surface area contributed by atoms with E-state index in [4.69, 9.17) is 0 Å². The number of nitrogens with one attached hydrogen (secondary N) is 1. The molecule has 0 fully saturated rings. The van der Waals surface area contributed by atoms with Crippen LogP contribution in [-0.4, -0.2) is 35.9 Å². The van der Waals surface area contributed by atoms with Crippen molar-refractivity contribution < 1.29 is 9.72 Å². The zero-order valence-corrected chi connectivity index (χ0v) is 15.5. The van der Waals surface area contributed by atoms with Gasteiger partial charge in [-0.2, -0.15) is 0 Å². The van der Waals surface area contributed by atoms with E-state index in [0.29, 0.717) is 11.0 Å². The Labute approximate surface area is 155 Å². The van der Waals surface area contributed by atoms with Crippen LogP contribution in [0.25, 0.3) is 0 Å². The topological polar surface area (TPSA) is 75.5 Å². The second kappa shape index (κ2) is 9.29. The summed E-state index contributed by atoms with van der Waals surface area (Å²) in [7, 11) is 2.03. The molecule has 0 aromatic heterocycles. The van der Waals surface area contributed by atoms with Gasteiger partial charge in [-0.25, -0.2) is 0 Å². The van der Waals surface area contributed by atoms with Gasteiger partial charge in [0, 0.05) is 24.7 Å². The van der Waals surface area contributed by atoms with E-state index in [1.165, 1.54) is 17.7 Å². The molecule has 0 aliphatic carbocycles. The van der Waals surface area contributed by atoms with Crippen molar-refractivity contribution >= 4 is 27.5 Å². The number of amides is 1. The summed E-state index contributed by atoms with van der Waals surface area (Å²) in [5, 5.41) is 13.7. The van der Waals surface area contributed by atoms with Crippen LogP contribution in [0.15, 0.2) is 53.0 Å². The van der Waals surface area contributed by atoms with Crippen molar-refractivity contribution in [3.63, 3.8) is 0 Å². The van der Waals surface area contributed by atoms with Gasteiger partial charge in [0.1, 0.15) is 0 Å². The Morgan fingerprint density at radius 2 is 1.96 bits per heavy atom. The van der Waals surface area contributed by atoms with Crippen molar-refractivity contribution in [1.82, 2.24) is 10.2 Å². The lowest BCUT2D eigenvalue weighted by Crippen LogP contribution is -2.28. The fourth-order valence-corrected chi connectivity index (χ4v) is 2.81. The monoisotopic (exact) mass is 405 g/mol. The van der Waals surface area contributed by atoms with Gasteiger partial charge in [-0.3, -0.25) is 14.9 Å². The normalized spacial score (nSPS) is 10.7. The van der Waals surface area contributed by atoms with Gasteiger partial charge in [0.15, 0.2) is 0 Å². The molecule has 2 rings (SSSR count). The molecule has 0 radical (unpaired) electrons. The van der Waals surface area contributed by atoms with E-state index in [1.54, 1.807) is 6.07 Å². The highest BCUT2D eigenvalue weighted by Crippen LogP contribution is 2.25. The number of rotatable bonds is 8. The molecule has 0 unspecified atom stereocenters. The fourth-order valence-electron chi connectivity index (χ4n) is 2.42. The minimum Gasteiger partial charge on any atom is -0.352 e. The fraction of sp³-hybridized carbons (Fsp3) is 0.278. The lowest BCUT2D eigenvalue weighted by Gasteiger charge is -2.16. The first-order chi connectivity index (χ1) is 12.0. The molecule has 132 valence electrons. The average Bonchev–Trinajstić information content (AvgIpc) is 2.59. The Morgan fingerprint density at radius 3 is 2.64 bits per heavy atom. The standard InChI is InChI=1S/C18H20BrN3O3/c1-21(13-14-6-3-2-4-7-14)11-5-10-20-18(23)15-8-9-16(19)17(12-15)22(24)25/h2-4,6-9,12H,5,10-11,13H2,1H3,(H,20,23). The SMILES string of the molecule is CN(CCCNC(=O)c1ccc(Br)c([N+](=O)[O-])c1)Cc1ccccc1. The molecular formula is C18H20BrN3O3. The summed E-state index contributed by atoms with van der Waals surface area (Å²) in [6.07, 6.45) is 0.799. The van der Waals surface area contributed by atoms with Gasteiger partial charge in [-0.15, -0.1) is 0 Å². The molecule has 2 aromatic rings. The molecule has 2 aromatic carbocycles. The molecular weight excluding hydrogens is 386 g/mol. The number of nitro benzene ring substituents is 1. The third-order valence-electron chi connectivity index (χ3n) is 3.70. The van der Waals surface area contributed by atoms with Gasteiger partial charge in [0.25, 0.3) is 11.6 Å². The van der Waals surface area contributed by atoms with Gasteiger partial charge in [-0.05, 0) is 53.6 Å². The van der Waals surface area contributed by atoms with E-state index < -0.39 is 4.92 Å². The minimum atomic E-state index is -0.514. The third kappa shape index (κ3) is 5.95. The Morgan fingerprint density at radius 1 is 1.24 bits per heavy atom. The van der Waals surface area contributed by atoms with Crippen molar-refractivity contribution in [3.8, 4) is 0 Å². The Kier molecular flexibility index (Phi) is 7.09. The van der Waals surface area contributed by atoms with E-state index in [1.807, 2.05) is 25.2 Å². The summed E-state index contributed by atoms with van der Waals surface area (Å²) in [6.45, 7) is 2.21. The Balaban J connectivity index is 1.77. The molecule has 0 aliphatic rings. The van der Waals surface area contributed by atoms with Crippen LogP contribution >= 0.6 is 15.9 Å². The highest BCUT2D eigenvalue weighted by molar-refractivity contribution is 9.10. The van der Waals surface area contributed by atoms with Gasteiger partial charge in [0.05, 0.1) is 9.40 Å². The number of halogens is 1. The number of hydrogen-bond acceptors (Lipinski definition) is 4. The van der Waals surface area contributed by atoms with Crippen LogP contribution in [0.5, 0.6) is 0 Å². The number of benzene rings is 2. The number of carbonyl (C=O) groups excluding carboxylic acids is 1. The van der Waals surface area contributed by atoms with Crippen LogP contribution in [0, 0.1) is 10.1 Å². The maximum atomic E-state index is 12.1. The highest BCUT2D eigenvalue weighted by Gasteiger charge is 2.15. The predicted molar refractivity (Wildman–Crippen MR) is 101 cm³/mol. The van der Waals surface area contributed by atoms with E-state index in [-0.39, 0.29) is 17.2 Å². The summed E-state index contributed by atoms with van der Waals surface area (Å²) in [4.78, 5) is 24.7. The van der Waals surface area contributed by atoms with Gasteiger partial charge < -0.3 is 10.2 Å². The van der Waals surface area contributed by atoms with Gasteiger partial charge >= 0.3 is 0 Å². The van der Waals surface area contributed by atoms with Gasteiger partial charge in [-0.1, -0.05) is 30.3 Å². The average molecular weight is 406 g/mol. The molecule has 0 bridgehead atoms. The van der Waals surface area contributed by atoms with Crippen LogP contribution in [-0.2, 0) is 6.54 Å². The van der Waals surface area contributed by atoms with Crippen LogP contribution in [0.2, 0.25) is 0 Å². The van der Waals surface area contributed by atoms with Crippen molar-refractivity contribution in [2.45, 2.75) is 13.0 Å². The van der Waals surface area contributed by atoms with Crippen LogP contribution < -0.4 is 5.32 Å². The van der Waals surface area contributed by atoms with Crippen molar-refractivity contribution in [1.29, 1.82) is 0 Å². The molecule has 0 saturated heterocycles. The quantitative estimate of drug-likeness (QED) is 0.413. The van der Waals surface area contributed by atoms with Crippen LogP contribution in [0.3, 0.4) is 0 Å². The smallest absolute Gasteiger partial charge is 0.284 e. The summed E-state index contributed by atoms with van der Waals surface area (Å²) in [6, 6.07) is 14.5. The second-order valence-corrected chi connectivity index (χ2v) is 6.61. The number of nitro groups is 1. The summed E-state index contributed by atoms with van der Waals surface area (Å²) < 4.78 is 0.358. The van der Waals surface area contributed by atoms with Crippen molar-refractivity contribution in [2.75, 3.05) is 20.1 Å². The van der Waals surface area contributed by atoms with Crippen LogP contribution in [0.4, 0.5) is 5.69 Å². The highest BCUT2D eigenvalue weighted by atomic mass is 79.9. The molecule has 0 atom stereocenters. The zero-order chi connectivity index (χ0) is 18.2. The first-order valence-corrected chi connectivity index (χ1v) is 8.71. The lowest BCUT2D eigenvalue weighted by molar-refractivity contribution is -0.385. The van der Waals surface area contributed by atoms with Gasteiger partial charge in [0.2, 0.25) is 0 Å². The number of nitrogens with zero attached hydrogens (tertiary/aromatic N) is 2. The summed E-state index contributed by atoms with van der Waals surface area (Å²) in [5.41, 5.74) is 1.42. The molecule has 6 nitrogen and oxygen atoms in total. The molecule has 0 heterocycles. The summed E-state index contributed by atoms with van der Waals surface area (Å²) >= 11 is 3.11. The minimum absolute atomic E-state index is 0.116.